The van der Waals surface area contributed by atoms with Gasteiger partial charge >= 0.3 is 0 Å². The second kappa shape index (κ2) is 10.2. The molecule has 3 amide bonds. The molecule has 1 N–H and O–H groups in total. The standard InChI is InChI=1S/C25H24N4O3S/c1-18(30)29(22-6-3-2-4-7-22)25-27-20(17-33-25)11-14-23(31)26-16-19-9-12-21(13-10-19)28-15-5-8-24(28)32/h2-4,6-7,9-14,17H,5,8,15-16H2,1H3,(H,26,31)/b14-11+. The van der Waals surface area contributed by atoms with Crippen molar-refractivity contribution >= 4 is 51.6 Å². The Kier molecular flexibility index (Phi) is 6.95. The number of nitrogens with zero attached hydrogens (tertiary/aromatic N) is 3. The lowest BCUT2D eigenvalue weighted by Crippen LogP contribution is -2.24. The van der Waals surface area contributed by atoms with Crippen molar-refractivity contribution in [3.63, 3.8) is 0 Å². The monoisotopic (exact) mass is 460 g/mol. The zero-order chi connectivity index (χ0) is 23.2. The fourth-order valence-electron chi connectivity index (χ4n) is 3.58. The highest BCUT2D eigenvalue weighted by molar-refractivity contribution is 7.14. The molecule has 1 fully saturated rings. The van der Waals surface area contributed by atoms with Gasteiger partial charge in [-0.1, -0.05) is 30.3 Å². The summed E-state index contributed by atoms with van der Waals surface area (Å²) in [6.07, 6.45) is 4.55. The van der Waals surface area contributed by atoms with E-state index in [1.54, 1.807) is 21.3 Å². The first-order valence-electron chi connectivity index (χ1n) is 10.7. The Morgan fingerprint density at radius 1 is 1.15 bits per heavy atom. The van der Waals surface area contributed by atoms with E-state index in [9.17, 15) is 14.4 Å². The minimum atomic E-state index is -0.241. The van der Waals surface area contributed by atoms with E-state index < -0.39 is 0 Å². The predicted molar refractivity (Wildman–Crippen MR) is 130 cm³/mol. The van der Waals surface area contributed by atoms with Gasteiger partial charge in [0, 0.05) is 43.6 Å². The molecule has 0 aliphatic carbocycles. The first-order valence-corrected chi connectivity index (χ1v) is 11.6. The Morgan fingerprint density at radius 3 is 2.58 bits per heavy atom. The molecule has 0 atom stereocenters. The van der Waals surface area contributed by atoms with Crippen LogP contribution in [0.1, 0.15) is 31.0 Å². The molecule has 0 unspecified atom stereocenters. The third-order valence-electron chi connectivity index (χ3n) is 5.22. The van der Waals surface area contributed by atoms with E-state index >= 15 is 0 Å². The van der Waals surface area contributed by atoms with E-state index in [0.29, 0.717) is 23.8 Å². The van der Waals surface area contributed by atoms with Crippen LogP contribution in [0.3, 0.4) is 0 Å². The lowest BCUT2D eigenvalue weighted by molar-refractivity contribution is -0.117. The fourth-order valence-corrected chi connectivity index (χ4v) is 4.44. The Labute approximate surface area is 196 Å². The molecule has 2 aromatic carbocycles. The van der Waals surface area contributed by atoms with E-state index in [2.05, 4.69) is 10.3 Å². The van der Waals surface area contributed by atoms with Crippen LogP contribution in [0, 0.1) is 0 Å². The first kappa shape index (κ1) is 22.4. The summed E-state index contributed by atoms with van der Waals surface area (Å²) >= 11 is 1.34. The van der Waals surface area contributed by atoms with Gasteiger partial charge in [0.2, 0.25) is 17.7 Å². The van der Waals surface area contributed by atoms with Crippen molar-refractivity contribution in [2.24, 2.45) is 0 Å². The number of para-hydroxylation sites is 1. The lowest BCUT2D eigenvalue weighted by Gasteiger charge is -2.17. The molecular weight excluding hydrogens is 436 g/mol. The molecule has 0 bridgehead atoms. The van der Waals surface area contributed by atoms with Gasteiger partial charge in [0.25, 0.3) is 0 Å². The summed E-state index contributed by atoms with van der Waals surface area (Å²) in [6, 6.07) is 17.0. The van der Waals surface area contributed by atoms with Crippen LogP contribution in [0.2, 0.25) is 0 Å². The number of nitrogens with one attached hydrogen (secondary N) is 1. The molecule has 1 aliphatic rings. The minimum absolute atomic E-state index is 0.135. The van der Waals surface area contributed by atoms with Crippen LogP contribution in [0.5, 0.6) is 0 Å². The van der Waals surface area contributed by atoms with E-state index in [0.717, 1.165) is 29.9 Å². The third-order valence-corrected chi connectivity index (χ3v) is 6.07. The second-order valence-corrected chi connectivity index (χ2v) is 8.45. The van der Waals surface area contributed by atoms with Gasteiger partial charge in [-0.15, -0.1) is 11.3 Å². The van der Waals surface area contributed by atoms with Gasteiger partial charge in [0.05, 0.1) is 11.4 Å². The molecule has 168 valence electrons. The molecule has 1 aliphatic heterocycles. The Hall–Kier alpha value is -3.78. The van der Waals surface area contributed by atoms with Gasteiger partial charge < -0.3 is 10.2 Å². The number of aromatic nitrogens is 1. The van der Waals surface area contributed by atoms with Crippen LogP contribution in [0.25, 0.3) is 6.08 Å². The molecular formula is C25H24N4O3S. The van der Waals surface area contributed by atoms with Crippen molar-refractivity contribution in [2.75, 3.05) is 16.3 Å². The number of thiazole rings is 1. The van der Waals surface area contributed by atoms with E-state index in [1.807, 2.05) is 54.6 Å². The van der Waals surface area contributed by atoms with Crippen LogP contribution in [0.4, 0.5) is 16.5 Å². The topological polar surface area (TPSA) is 82.6 Å². The maximum atomic E-state index is 12.2. The maximum Gasteiger partial charge on any atom is 0.244 e. The Bertz CT molecular complexity index is 1170. The Morgan fingerprint density at radius 2 is 1.91 bits per heavy atom. The highest BCUT2D eigenvalue weighted by Gasteiger charge is 2.21. The Balaban J connectivity index is 1.33. The molecule has 2 heterocycles. The normalized spacial score (nSPS) is 13.5. The van der Waals surface area contributed by atoms with Crippen LogP contribution in [-0.4, -0.2) is 29.3 Å². The van der Waals surface area contributed by atoms with Gasteiger partial charge in [0.1, 0.15) is 0 Å². The fraction of sp³-hybridized carbons (Fsp3) is 0.200. The smallest absolute Gasteiger partial charge is 0.244 e. The molecule has 8 heteroatoms. The van der Waals surface area contributed by atoms with Crippen molar-refractivity contribution in [1.29, 1.82) is 0 Å². The number of amides is 3. The summed E-state index contributed by atoms with van der Waals surface area (Å²) in [4.78, 5) is 44.0. The number of rotatable bonds is 7. The molecule has 0 radical (unpaired) electrons. The molecule has 33 heavy (non-hydrogen) atoms. The molecule has 1 aromatic heterocycles. The molecule has 0 spiro atoms. The zero-order valence-corrected chi connectivity index (χ0v) is 19.0. The van der Waals surface area contributed by atoms with Crippen LogP contribution >= 0.6 is 11.3 Å². The van der Waals surface area contributed by atoms with E-state index in [4.69, 9.17) is 0 Å². The minimum Gasteiger partial charge on any atom is -0.348 e. The molecule has 4 rings (SSSR count). The van der Waals surface area contributed by atoms with Crippen LogP contribution < -0.4 is 15.1 Å². The maximum absolute atomic E-state index is 12.2. The summed E-state index contributed by atoms with van der Waals surface area (Å²) in [7, 11) is 0. The van der Waals surface area contributed by atoms with Crippen molar-refractivity contribution < 1.29 is 14.4 Å². The predicted octanol–water partition coefficient (Wildman–Crippen LogP) is 4.28. The summed E-state index contributed by atoms with van der Waals surface area (Å²) in [5.74, 6) is -0.222. The highest BCUT2D eigenvalue weighted by Crippen LogP contribution is 2.29. The second-order valence-electron chi connectivity index (χ2n) is 7.61. The molecule has 7 nitrogen and oxygen atoms in total. The van der Waals surface area contributed by atoms with Gasteiger partial charge in [-0.25, -0.2) is 4.98 Å². The van der Waals surface area contributed by atoms with Crippen molar-refractivity contribution in [3.05, 3.63) is 77.3 Å². The number of carbonyl (C=O) groups is 3. The molecule has 3 aromatic rings. The number of benzene rings is 2. The van der Waals surface area contributed by atoms with Crippen molar-refractivity contribution in [2.45, 2.75) is 26.3 Å². The summed E-state index contributed by atoms with van der Waals surface area (Å²) in [5.41, 5.74) is 3.18. The summed E-state index contributed by atoms with van der Waals surface area (Å²) in [5, 5.41) is 5.19. The quantitative estimate of drug-likeness (QED) is 0.534. The SMILES string of the molecule is CC(=O)N(c1ccccc1)c1nc(/C=C/C(=O)NCc2ccc(N3CCCC3=O)cc2)cs1. The third kappa shape index (κ3) is 5.53. The summed E-state index contributed by atoms with van der Waals surface area (Å²) < 4.78 is 0. The van der Waals surface area contributed by atoms with Crippen molar-refractivity contribution in [3.8, 4) is 0 Å². The van der Waals surface area contributed by atoms with Gasteiger partial charge in [-0.3, -0.25) is 19.3 Å². The number of hydrogen-bond acceptors (Lipinski definition) is 5. The van der Waals surface area contributed by atoms with Crippen LogP contribution in [-0.2, 0) is 20.9 Å². The van der Waals surface area contributed by atoms with Crippen LogP contribution in [0.15, 0.2) is 66.1 Å². The van der Waals surface area contributed by atoms with Crippen molar-refractivity contribution in [1.82, 2.24) is 10.3 Å². The molecule has 1 saturated heterocycles. The zero-order valence-electron chi connectivity index (χ0n) is 18.2. The first-order chi connectivity index (χ1) is 16.0. The van der Waals surface area contributed by atoms with Gasteiger partial charge in [0.15, 0.2) is 5.13 Å². The average Bonchev–Trinajstić information content (AvgIpc) is 3.46. The largest absolute Gasteiger partial charge is 0.348 e. The van der Waals surface area contributed by atoms with E-state index in [1.165, 1.54) is 24.3 Å². The number of hydrogen-bond donors (Lipinski definition) is 1. The number of carbonyl (C=O) groups excluding carboxylic acids is 3. The van der Waals surface area contributed by atoms with Gasteiger partial charge in [-0.2, -0.15) is 0 Å². The highest BCUT2D eigenvalue weighted by atomic mass is 32.1. The van der Waals surface area contributed by atoms with Gasteiger partial charge in [-0.05, 0) is 42.3 Å². The molecule has 0 saturated carbocycles. The van der Waals surface area contributed by atoms with E-state index in [-0.39, 0.29) is 17.7 Å². The summed E-state index contributed by atoms with van der Waals surface area (Å²) in [6.45, 7) is 2.63. The number of anilines is 3. The lowest BCUT2D eigenvalue weighted by atomic mass is 10.2. The average molecular weight is 461 g/mol.